The molecular weight excluding hydrogens is 216 g/mol. The first-order valence-corrected chi connectivity index (χ1v) is 6.00. The van der Waals surface area contributed by atoms with Gasteiger partial charge in [-0.3, -0.25) is 9.48 Å². The molecule has 3 N–H and O–H groups in total. The number of carbonyl (C=O) groups excluding carboxylic acids is 1. The Bertz CT molecular complexity index is 446. The maximum Gasteiger partial charge on any atom is 0.227 e. The largest absolute Gasteiger partial charge is 0.325 e. The van der Waals surface area contributed by atoms with Gasteiger partial charge in [0, 0.05) is 24.6 Å². The molecule has 1 aromatic rings. The quantitative estimate of drug-likeness (QED) is 0.829. The number of aromatic nitrogens is 2. The number of nitrogens with one attached hydrogen (secondary N) is 1. The highest BCUT2D eigenvalue weighted by molar-refractivity contribution is 5.91. The van der Waals surface area contributed by atoms with Gasteiger partial charge in [0.25, 0.3) is 0 Å². The Labute approximate surface area is 101 Å². The fourth-order valence-corrected chi connectivity index (χ4v) is 2.24. The fraction of sp³-hybridized carbons (Fsp3) is 0.667. The van der Waals surface area contributed by atoms with E-state index in [1.807, 2.05) is 20.9 Å². The second kappa shape index (κ2) is 4.14. The lowest BCUT2D eigenvalue weighted by atomic mass is 9.75. The van der Waals surface area contributed by atoms with Crippen LogP contribution in [0.2, 0.25) is 0 Å². The van der Waals surface area contributed by atoms with Crippen LogP contribution in [0, 0.1) is 13.8 Å². The zero-order valence-electron chi connectivity index (χ0n) is 10.7. The molecule has 0 radical (unpaired) electrons. The van der Waals surface area contributed by atoms with Crippen molar-refractivity contribution in [3.63, 3.8) is 0 Å². The van der Waals surface area contributed by atoms with E-state index in [-0.39, 0.29) is 11.4 Å². The van der Waals surface area contributed by atoms with Gasteiger partial charge in [-0.05, 0) is 33.1 Å². The number of amides is 1. The average molecular weight is 236 g/mol. The summed E-state index contributed by atoms with van der Waals surface area (Å²) in [6.45, 7) is 3.89. The molecule has 0 bridgehead atoms. The summed E-state index contributed by atoms with van der Waals surface area (Å²) in [7, 11) is 1.83. The van der Waals surface area contributed by atoms with E-state index in [2.05, 4.69) is 10.4 Å². The van der Waals surface area contributed by atoms with Crippen LogP contribution in [0.5, 0.6) is 0 Å². The van der Waals surface area contributed by atoms with Crippen LogP contribution in [0.15, 0.2) is 0 Å². The molecule has 17 heavy (non-hydrogen) atoms. The minimum absolute atomic E-state index is 0.0155. The van der Waals surface area contributed by atoms with E-state index in [1.165, 1.54) is 0 Å². The van der Waals surface area contributed by atoms with Crippen molar-refractivity contribution in [3.05, 3.63) is 11.3 Å². The molecule has 1 fully saturated rings. The van der Waals surface area contributed by atoms with Crippen LogP contribution in [0.25, 0.3) is 0 Å². The van der Waals surface area contributed by atoms with Crippen molar-refractivity contribution < 1.29 is 4.79 Å². The maximum atomic E-state index is 11.9. The second-order valence-corrected chi connectivity index (χ2v) is 5.12. The first kappa shape index (κ1) is 12.1. The van der Waals surface area contributed by atoms with Gasteiger partial charge in [0.05, 0.1) is 5.69 Å². The van der Waals surface area contributed by atoms with Crippen molar-refractivity contribution in [1.29, 1.82) is 0 Å². The highest BCUT2D eigenvalue weighted by Gasteiger charge is 2.34. The topological polar surface area (TPSA) is 72.9 Å². The van der Waals surface area contributed by atoms with Crippen LogP contribution in [0.3, 0.4) is 0 Å². The Hall–Kier alpha value is -1.36. The van der Waals surface area contributed by atoms with Crippen LogP contribution in [-0.2, 0) is 11.8 Å². The third kappa shape index (κ3) is 2.34. The Morgan fingerprint density at radius 3 is 2.59 bits per heavy atom. The van der Waals surface area contributed by atoms with Gasteiger partial charge in [-0.1, -0.05) is 0 Å². The summed E-state index contributed by atoms with van der Waals surface area (Å²) >= 11 is 0. The van der Waals surface area contributed by atoms with E-state index < -0.39 is 0 Å². The van der Waals surface area contributed by atoms with Crippen LogP contribution in [0.1, 0.15) is 36.9 Å². The predicted octanol–water partition coefficient (Wildman–Crippen LogP) is 1.25. The zero-order chi connectivity index (χ0) is 12.6. The first-order chi connectivity index (χ1) is 7.91. The second-order valence-electron chi connectivity index (χ2n) is 5.12. The molecule has 1 aliphatic carbocycles. The van der Waals surface area contributed by atoms with Crippen LogP contribution in [-0.4, -0.2) is 21.2 Å². The molecule has 0 spiro atoms. The summed E-state index contributed by atoms with van der Waals surface area (Å²) in [6.07, 6.45) is 3.43. The van der Waals surface area contributed by atoms with E-state index in [9.17, 15) is 4.79 Å². The fourth-order valence-electron chi connectivity index (χ4n) is 2.24. The normalized spacial score (nSPS) is 17.6. The standard InChI is InChI=1S/C12H20N4O/c1-8-9(2)15-16(3)11(8)14-10(17)7-12(13)5-4-6-12/h4-7,13H2,1-3H3,(H,14,17). The number of nitrogens with two attached hydrogens (primary N) is 1. The van der Waals surface area contributed by atoms with E-state index in [1.54, 1.807) is 4.68 Å². The lowest BCUT2D eigenvalue weighted by Gasteiger charge is -2.37. The minimum Gasteiger partial charge on any atom is -0.325 e. The van der Waals surface area contributed by atoms with Crippen molar-refractivity contribution in [2.75, 3.05) is 5.32 Å². The molecule has 94 valence electrons. The van der Waals surface area contributed by atoms with Crippen LogP contribution < -0.4 is 11.1 Å². The molecule has 0 atom stereocenters. The lowest BCUT2D eigenvalue weighted by molar-refractivity contribution is -0.118. The number of rotatable bonds is 3. The molecule has 1 saturated carbocycles. The van der Waals surface area contributed by atoms with Crippen molar-refractivity contribution >= 4 is 11.7 Å². The Morgan fingerprint density at radius 2 is 2.18 bits per heavy atom. The average Bonchev–Trinajstić information content (AvgIpc) is 2.43. The molecule has 0 saturated heterocycles. The number of anilines is 1. The number of hydrogen-bond acceptors (Lipinski definition) is 3. The summed E-state index contributed by atoms with van der Waals surface area (Å²) in [4.78, 5) is 11.9. The minimum atomic E-state index is -0.272. The zero-order valence-corrected chi connectivity index (χ0v) is 10.7. The molecule has 1 aliphatic rings. The van der Waals surface area contributed by atoms with Gasteiger partial charge in [-0.2, -0.15) is 5.10 Å². The summed E-state index contributed by atoms with van der Waals surface area (Å²) in [6, 6.07) is 0. The number of aryl methyl sites for hydroxylation is 2. The van der Waals surface area contributed by atoms with Gasteiger partial charge in [-0.15, -0.1) is 0 Å². The maximum absolute atomic E-state index is 11.9. The predicted molar refractivity (Wildman–Crippen MR) is 66.7 cm³/mol. The highest BCUT2D eigenvalue weighted by Crippen LogP contribution is 2.32. The number of carbonyl (C=O) groups is 1. The number of hydrogen-bond donors (Lipinski definition) is 2. The van der Waals surface area contributed by atoms with Crippen molar-refractivity contribution in [3.8, 4) is 0 Å². The summed E-state index contributed by atoms with van der Waals surface area (Å²) < 4.78 is 1.70. The Morgan fingerprint density at radius 1 is 1.53 bits per heavy atom. The van der Waals surface area contributed by atoms with E-state index in [0.717, 1.165) is 36.3 Å². The molecule has 0 unspecified atom stereocenters. The molecule has 5 nitrogen and oxygen atoms in total. The molecular formula is C12H20N4O. The van der Waals surface area contributed by atoms with E-state index in [4.69, 9.17) is 5.73 Å². The third-order valence-electron chi connectivity index (χ3n) is 3.64. The smallest absolute Gasteiger partial charge is 0.227 e. The van der Waals surface area contributed by atoms with Gasteiger partial charge < -0.3 is 11.1 Å². The molecule has 1 amide bonds. The van der Waals surface area contributed by atoms with Crippen molar-refractivity contribution in [2.24, 2.45) is 12.8 Å². The van der Waals surface area contributed by atoms with Crippen molar-refractivity contribution in [2.45, 2.75) is 45.1 Å². The monoisotopic (exact) mass is 236 g/mol. The summed E-state index contributed by atoms with van der Waals surface area (Å²) in [5.74, 6) is 0.758. The lowest BCUT2D eigenvalue weighted by Crippen LogP contribution is -2.49. The van der Waals surface area contributed by atoms with Gasteiger partial charge in [0.15, 0.2) is 0 Å². The van der Waals surface area contributed by atoms with Gasteiger partial charge in [0.1, 0.15) is 5.82 Å². The van der Waals surface area contributed by atoms with Crippen LogP contribution >= 0.6 is 0 Å². The highest BCUT2D eigenvalue weighted by atomic mass is 16.1. The van der Waals surface area contributed by atoms with E-state index >= 15 is 0 Å². The van der Waals surface area contributed by atoms with Gasteiger partial charge >= 0.3 is 0 Å². The first-order valence-electron chi connectivity index (χ1n) is 6.00. The van der Waals surface area contributed by atoms with E-state index in [0.29, 0.717) is 6.42 Å². The van der Waals surface area contributed by atoms with Gasteiger partial charge in [0.2, 0.25) is 5.91 Å². The number of nitrogens with zero attached hydrogens (tertiary/aromatic N) is 2. The van der Waals surface area contributed by atoms with Crippen molar-refractivity contribution in [1.82, 2.24) is 9.78 Å². The molecule has 1 aromatic heterocycles. The summed E-state index contributed by atoms with van der Waals surface area (Å²) in [5, 5.41) is 7.17. The molecule has 0 aromatic carbocycles. The molecule has 2 rings (SSSR count). The SMILES string of the molecule is Cc1nn(C)c(NC(=O)CC2(N)CCC2)c1C. The Kier molecular flexibility index (Phi) is 2.95. The molecule has 5 heteroatoms. The molecule has 1 heterocycles. The molecule has 0 aliphatic heterocycles. The van der Waals surface area contributed by atoms with Gasteiger partial charge in [-0.25, -0.2) is 0 Å². The Balaban J connectivity index is 2.03. The third-order valence-corrected chi connectivity index (χ3v) is 3.64. The summed E-state index contributed by atoms with van der Waals surface area (Å²) in [5.41, 5.74) is 7.74. The van der Waals surface area contributed by atoms with Crippen LogP contribution in [0.4, 0.5) is 5.82 Å².